The third-order valence-corrected chi connectivity index (χ3v) is 17.7. The maximum absolute atomic E-state index is 14.8. The average molecular weight is 1650 g/mol. The Hall–Kier alpha value is -13.4. The van der Waals surface area contributed by atoms with Gasteiger partial charge >= 0.3 is 23.9 Å². The summed E-state index contributed by atoms with van der Waals surface area (Å²) in [6.45, 7) is 1.71. The lowest BCUT2D eigenvalue weighted by molar-refractivity contribution is -0.144. The summed E-state index contributed by atoms with van der Waals surface area (Å²) in [7, 11) is 0. The zero-order valence-corrected chi connectivity index (χ0v) is 62.9. The highest BCUT2D eigenvalue weighted by atomic mass is 16.4. The van der Waals surface area contributed by atoms with Gasteiger partial charge in [0.05, 0.1) is 69.6 Å². The molecular formula is C68H94N22O27. The molecule has 15 amide bonds. The molecule has 1 aliphatic rings. The number of nitrogens with one attached hydrogen (secondary N) is 15. The van der Waals surface area contributed by atoms with Gasteiger partial charge in [0, 0.05) is 74.3 Å². The second kappa shape index (κ2) is 45.5. The summed E-state index contributed by atoms with van der Waals surface area (Å²) < 4.78 is 0. The molecule has 29 N–H and O–H groups in total. The van der Waals surface area contributed by atoms with Crippen LogP contribution in [-0.2, 0) is 117 Å². The molecule has 17 atom stereocenters. The van der Waals surface area contributed by atoms with E-state index in [2.05, 4.69) is 83.1 Å². The highest BCUT2D eigenvalue weighted by molar-refractivity contribution is 6.02. The van der Waals surface area contributed by atoms with Crippen LogP contribution < -0.4 is 81.0 Å². The molecule has 1 aromatic carbocycles. The van der Waals surface area contributed by atoms with Crippen LogP contribution in [0.25, 0.3) is 0 Å². The number of nitrogens with two attached hydrogens (primary N) is 3. The van der Waals surface area contributed by atoms with E-state index in [0.717, 1.165) is 38.3 Å². The number of imidazole rings is 3. The molecule has 0 spiro atoms. The lowest BCUT2D eigenvalue weighted by atomic mass is 10.0. The number of likely N-dealkylation sites (tertiary alicyclic amines) is 1. The van der Waals surface area contributed by atoms with E-state index in [1.165, 1.54) is 24.9 Å². The minimum atomic E-state index is -2.26. The van der Waals surface area contributed by atoms with E-state index in [9.17, 15) is 132 Å². The lowest BCUT2D eigenvalue weighted by Gasteiger charge is -2.31. The van der Waals surface area contributed by atoms with Crippen molar-refractivity contribution in [3.63, 3.8) is 0 Å². The van der Waals surface area contributed by atoms with Gasteiger partial charge < -0.3 is 142 Å². The van der Waals surface area contributed by atoms with E-state index in [1.54, 1.807) is 30.3 Å². The van der Waals surface area contributed by atoms with Crippen molar-refractivity contribution in [3.05, 3.63) is 90.5 Å². The van der Waals surface area contributed by atoms with Crippen molar-refractivity contribution in [1.82, 2.24) is 98.6 Å². The van der Waals surface area contributed by atoms with E-state index < -0.39 is 280 Å². The number of H-pyrrole nitrogens is 3. The molecule has 0 radical (unpaired) electrons. The first-order chi connectivity index (χ1) is 55.2. The molecule has 0 unspecified atom stereocenters. The zero-order chi connectivity index (χ0) is 87.1. The van der Waals surface area contributed by atoms with E-state index >= 15 is 0 Å². The smallest absolute Gasteiger partial charge is 0.326 e. The number of rotatable bonds is 49. The van der Waals surface area contributed by atoms with Crippen LogP contribution in [0.3, 0.4) is 0 Å². The van der Waals surface area contributed by atoms with Crippen LogP contribution in [0.4, 0.5) is 0 Å². The first-order valence-corrected chi connectivity index (χ1v) is 35.9. The molecule has 638 valence electrons. The van der Waals surface area contributed by atoms with Crippen molar-refractivity contribution in [3.8, 4) is 0 Å². The highest BCUT2D eigenvalue weighted by Crippen LogP contribution is 2.21. The van der Waals surface area contributed by atoms with E-state index in [0.29, 0.717) is 5.56 Å². The number of aromatic nitrogens is 6. The zero-order valence-electron chi connectivity index (χ0n) is 62.9. The second-order valence-electron chi connectivity index (χ2n) is 27.0. The topological polar surface area (TPSA) is 798 Å². The fourth-order valence-electron chi connectivity index (χ4n) is 11.6. The molecule has 1 saturated heterocycles. The molecule has 0 saturated carbocycles. The van der Waals surface area contributed by atoms with E-state index in [4.69, 9.17) is 17.2 Å². The fraction of sp³-hybridized carbons (Fsp3) is 0.500. The number of hydrogen-bond donors (Lipinski definition) is 26. The third kappa shape index (κ3) is 30.5. The van der Waals surface area contributed by atoms with Crippen molar-refractivity contribution in [2.45, 2.75) is 201 Å². The molecule has 4 heterocycles. The number of primary amides is 2. The highest BCUT2D eigenvalue weighted by Gasteiger charge is 2.43. The molecule has 5 rings (SSSR count). The monoisotopic (exact) mass is 1650 g/mol. The number of nitrogens with zero attached hydrogens (tertiary/aromatic N) is 4. The van der Waals surface area contributed by atoms with Crippen LogP contribution >= 0.6 is 0 Å². The predicted molar refractivity (Wildman–Crippen MR) is 392 cm³/mol. The number of aliphatic hydroxyl groups excluding tert-OH is 4. The molecule has 1 aliphatic heterocycles. The van der Waals surface area contributed by atoms with Crippen LogP contribution in [0.15, 0.2) is 67.9 Å². The number of carbonyl (C=O) groups excluding carboxylic acids is 15. The number of amides is 15. The first-order valence-electron chi connectivity index (χ1n) is 35.9. The van der Waals surface area contributed by atoms with Gasteiger partial charge in [-0.2, -0.15) is 0 Å². The number of carbonyl (C=O) groups is 19. The molecule has 0 bridgehead atoms. The summed E-state index contributed by atoms with van der Waals surface area (Å²) in [4.78, 5) is 276. The van der Waals surface area contributed by atoms with Crippen molar-refractivity contribution >= 4 is 112 Å². The van der Waals surface area contributed by atoms with Gasteiger partial charge in [-0.05, 0) is 45.6 Å². The number of aliphatic hydroxyl groups is 4. The molecule has 4 aromatic rings. The Morgan fingerprint density at radius 3 is 1.21 bits per heavy atom. The van der Waals surface area contributed by atoms with Crippen LogP contribution in [0.2, 0.25) is 0 Å². The molecule has 49 heteroatoms. The maximum atomic E-state index is 14.8. The Balaban J connectivity index is 1.37. The summed E-state index contributed by atoms with van der Waals surface area (Å²) >= 11 is 0. The van der Waals surface area contributed by atoms with Crippen molar-refractivity contribution in [2.24, 2.45) is 17.2 Å². The van der Waals surface area contributed by atoms with Gasteiger partial charge in [-0.1, -0.05) is 30.3 Å². The molecule has 49 nitrogen and oxygen atoms in total. The summed E-state index contributed by atoms with van der Waals surface area (Å²) in [6, 6.07) is -18.7. The second-order valence-corrected chi connectivity index (χ2v) is 27.0. The molecule has 0 aliphatic carbocycles. The first kappa shape index (κ1) is 94.2. The average Bonchev–Trinajstić information content (AvgIpc) is 1.73. The van der Waals surface area contributed by atoms with Gasteiger partial charge in [0.2, 0.25) is 88.6 Å². The maximum Gasteiger partial charge on any atom is 0.326 e. The van der Waals surface area contributed by atoms with Crippen molar-refractivity contribution < 1.29 is 132 Å². The summed E-state index contributed by atoms with van der Waals surface area (Å²) in [5, 5.41) is 107. The van der Waals surface area contributed by atoms with E-state index in [1.807, 2.05) is 10.6 Å². The summed E-state index contributed by atoms with van der Waals surface area (Å²) in [6.07, 6.45) is -6.01. The molecule has 3 aromatic heterocycles. The standard InChI is InChI=1S/C68H94N22O27/c1-29(92)52(71)64(112)83-42(21-51(101)102)61(109)88-53(30(2)93)66(114)87-45(25-91)62(110)80-39(16-34-23-73-27-76-34)57(105)79-38(15-33-22-72-26-75-33)58(106)82-40(19-49(97)98)59(107)78-36(11-12-47(69)95)55(103)81-41(20-50(99)100)60(108)85-43(17-35-24-74-28-77-35)67(115)90-13-7-10-46(90)63(111)89-54(31(3)94)65(113)84-37(14-32-8-5-4-6-9-32)56(104)86-44(68(116)117)18-48(70)96/h4-6,8-9,22-24,26-31,36-46,52-54,91-94H,7,10-21,25,71H2,1-3H3,(H2,69,95)(H2,70,96)(H,72,75)(H,73,76)(H,74,77)(H,78,107)(H,79,105)(H,80,110)(H,81,103)(H,82,106)(H,83,112)(H,84,113)(H,85,108)(H,86,104)(H,87,114)(H,88,109)(H,89,111)(H,97,98)(H,99,100)(H,101,102)(H,116,117)/t29-,30-,31-,36+,37+,38+,39+,40+,41+,42+,43+,44+,45+,46+,52+,53+,54+/m1/s1. The van der Waals surface area contributed by atoms with Gasteiger partial charge in [-0.15, -0.1) is 0 Å². The summed E-state index contributed by atoms with van der Waals surface area (Å²) in [5.74, 6) is -25.8. The van der Waals surface area contributed by atoms with Crippen LogP contribution in [0.1, 0.15) is 94.8 Å². The van der Waals surface area contributed by atoms with Gasteiger partial charge in [0.1, 0.15) is 84.6 Å². The van der Waals surface area contributed by atoms with Crippen LogP contribution in [-0.4, -0.2) is 304 Å². The Labute approximate surface area is 662 Å². The number of carboxylic acids is 4. The number of aliphatic carboxylic acids is 4. The molecule has 117 heavy (non-hydrogen) atoms. The van der Waals surface area contributed by atoms with Gasteiger partial charge in [0.25, 0.3) is 0 Å². The Bertz CT molecular complexity index is 4170. The normalized spacial score (nSPS) is 16.5. The van der Waals surface area contributed by atoms with Crippen molar-refractivity contribution in [1.29, 1.82) is 0 Å². The van der Waals surface area contributed by atoms with Gasteiger partial charge in [-0.3, -0.25) is 86.3 Å². The Morgan fingerprint density at radius 2 is 0.803 bits per heavy atom. The number of benzene rings is 1. The van der Waals surface area contributed by atoms with Crippen LogP contribution in [0.5, 0.6) is 0 Å². The third-order valence-electron chi connectivity index (χ3n) is 17.7. The fourth-order valence-corrected chi connectivity index (χ4v) is 11.6. The lowest BCUT2D eigenvalue weighted by Crippen LogP contribution is -2.63. The quantitative estimate of drug-likeness (QED) is 0.0195. The summed E-state index contributed by atoms with van der Waals surface area (Å²) in [5.41, 5.74) is 17.0. The number of aromatic amines is 3. The Morgan fingerprint density at radius 1 is 0.436 bits per heavy atom. The Kier molecular flexibility index (Phi) is 36.6. The van der Waals surface area contributed by atoms with Gasteiger partial charge in [0.15, 0.2) is 0 Å². The number of hydrogen-bond acceptors (Lipinski definition) is 27. The van der Waals surface area contributed by atoms with Crippen molar-refractivity contribution in [2.75, 3.05) is 13.2 Å². The minimum Gasteiger partial charge on any atom is -0.481 e. The van der Waals surface area contributed by atoms with E-state index in [-0.39, 0.29) is 42.9 Å². The largest absolute Gasteiger partial charge is 0.481 e. The molecule has 1 fully saturated rings. The number of carboxylic acid groups (broad SMARTS) is 4. The van der Waals surface area contributed by atoms with Crippen LogP contribution in [0, 0.1) is 0 Å². The predicted octanol–water partition coefficient (Wildman–Crippen LogP) is -12.0. The minimum absolute atomic E-state index is 0.0824. The SMILES string of the molecule is C[C@@H](O)[C@H](N)C(=O)N[C@@H](CC(=O)O)C(=O)N[C@H](C(=O)N[C@@H](CO)C(=O)N[C@@H](Cc1cnc[nH]1)C(=O)N[C@@H](Cc1cnc[nH]1)C(=O)N[C@@H](CC(=O)O)C(=O)N[C@@H](CCC(N)=O)C(=O)N[C@@H](CC(=O)O)C(=O)N[C@@H](Cc1cnc[nH]1)C(=O)N1CCC[C@H]1C(=O)N[C@H](C(=O)N[C@@H](Cc1ccccc1)C(=O)N[C@@H](CC(N)=O)C(=O)O)[C@@H](C)O)[C@@H](C)O. The van der Waals surface area contributed by atoms with Gasteiger partial charge in [-0.25, -0.2) is 19.7 Å². The molecular weight excluding hydrogens is 1560 g/mol.